The topological polar surface area (TPSA) is 98.3 Å². The second-order valence-corrected chi connectivity index (χ2v) is 4.62. The highest BCUT2D eigenvalue weighted by molar-refractivity contribution is 5.61. The zero-order valence-corrected chi connectivity index (χ0v) is 11.1. The predicted octanol–water partition coefficient (Wildman–Crippen LogP) is 1.11. The molecule has 0 aliphatic heterocycles. The number of hydrogen-bond donors (Lipinski definition) is 2. The zero-order valence-electron chi connectivity index (χ0n) is 11.1. The van der Waals surface area contributed by atoms with Gasteiger partial charge in [0.05, 0.1) is 17.6 Å². The Morgan fingerprint density at radius 1 is 1.40 bits per heavy atom. The van der Waals surface area contributed by atoms with Crippen LogP contribution in [0.3, 0.4) is 0 Å². The van der Waals surface area contributed by atoms with Gasteiger partial charge in [0.1, 0.15) is 12.2 Å². The van der Waals surface area contributed by atoms with Crippen LogP contribution in [-0.2, 0) is 0 Å². The van der Waals surface area contributed by atoms with Crippen LogP contribution < -0.4 is 5.73 Å². The molecule has 0 amide bonds. The summed E-state index contributed by atoms with van der Waals surface area (Å²) in [6.45, 7) is 2.61. The number of nitrogens with zero attached hydrogens (tertiary/aromatic N) is 5. The van der Waals surface area contributed by atoms with E-state index in [1.807, 2.05) is 37.4 Å². The normalized spacial score (nSPS) is 12.5. The molecule has 7 heteroatoms. The third-order valence-electron chi connectivity index (χ3n) is 3.19. The van der Waals surface area contributed by atoms with Gasteiger partial charge in [0.2, 0.25) is 0 Å². The average molecular weight is 269 g/mol. The molecule has 0 aliphatic carbocycles. The van der Waals surface area contributed by atoms with Crippen molar-refractivity contribution in [3.63, 3.8) is 0 Å². The van der Waals surface area contributed by atoms with Crippen LogP contribution in [0.15, 0.2) is 36.8 Å². The number of rotatable bonds is 4. The summed E-state index contributed by atoms with van der Waals surface area (Å²) in [7, 11) is 0. The Bertz CT molecular complexity index is 686. The molecule has 3 aromatic rings. The maximum Gasteiger partial charge on any atom is 0.143 e. The lowest BCUT2D eigenvalue weighted by molar-refractivity contribution is 0.725. The van der Waals surface area contributed by atoms with Crippen LogP contribution in [0.25, 0.3) is 16.9 Å². The smallest absolute Gasteiger partial charge is 0.143 e. The first-order chi connectivity index (χ1) is 9.78. The van der Waals surface area contributed by atoms with Crippen LogP contribution in [0.2, 0.25) is 0 Å². The molecular weight excluding hydrogens is 254 g/mol. The SMILES string of the molecule is CC(CN)c1ncc(-c2cccc(-n3cnnn3)c2)[nH]1. The summed E-state index contributed by atoms with van der Waals surface area (Å²) in [5.41, 5.74) is 8.54. The highest BCUT2D eigenvalue weighted by Crippen LogP contribution is 2.21. The van der Waals surface area contributed by atoms with Crippen LogP contribution in [0.5, 0.6) is 0 Å². The van der Waals surface area contributed by atoms with E-state index in [0.717, 1.165) is 22.8 Å². The number of aromatic nitrogens is 6. The van der Waals surface area contributed by atoms with Crippen molar-refractivity contribution in [1.29, 1.82) is 0 Å². The zero-order chi connectivity index (χ0) is 13.9. The Labute approximate surface area is 115 Å². The van der Waals surface area contributed by atoms with Crippen molar-refractivity contribution in [2.24, 2.45) is 5.73 Å². The largest absolute Gasteiger partial charge is 0.342 e. The fraction of sp³-hybridized carbons (Fsp3) is 0.231. The minimum Gasteiger partial charge on any atom is -0.342 e. The standard InChI is InChI=1S/C13H15N7/c1-9(6-14)13-15-7-12(17-13)10-3-2-4-11(5-10)20-8-16-18-19-20/h2-5,7-9H,6,14H2,1H3,(H,15,17). The number of nitrogens with one attached hydrogen (secondary N) is 1. The van der Waals surface area contributed by atoms with E-state index in [0.29, 0.717) is 6.54 Å². The molecule has 3 rings (SSSR count). The van der Waals surface area contributed by atoms with Gasteiger partial charge in [-0.05, 0) is 22.6 Å². The van der Waals surface area contributed by atoms with Crippen molar-refractivity contribution >= 4 is 0 Å². The van der Waals surface area contributed by atoms with Crippen LogP contribution in [-0.4, -0.2) is 36.7 Å². The number of H-pyrrole nitrogens is 1. The van der Waals surface area contributed by atoms with Crippen LogP contribution in [0, 0.1) is 0 Å². The summed E-state index contributed by atoms with van der Waals surface area (Å²) in [6.07, 6.45) is 3.38. The van der Waals surface area contributed by atoms with Gasteiger partial charge in [0, 0.05) is 18.0 Å². The molecule has 3 N–H and O–H groups in total. The van der Waals surface area contributed by atoms with E-state index in [9.17, 15) is 0 Å². The molecule has 1 atom stereocenters. The van der Waals surface area contributed by atoms with Gasteiger partial charge < -0.3 is 10.7 Å². The maximum absolute atomic E-state index is 5.65. The Morgan fingerprint density at radius 2 is 2.30 bits per heavy atom. The average Bonchev–Trinajstić information content (AvgIpc) is 3.18. The van der Waals surface area contributed by atoms with Gasteiger partial charge in [-0.2, -0.15) is 0 Å². The summed E-state index contributed by atoms with van der Waals surface area (Å²) in [6, 6.07) is 7.91. The number of tetrazole rings is 1. The summed E-state index contributed by atoms with van der Waals surface area (Å²) >= 11 is 0. The van der Waals surface area contributed by atoms with E-state index >= 15 is 0 Å². The Kier molecular flexibility index (Phi) is 3.26. The second kappa shape index (κ2) is 5.22. The van der Waals surface area contributed by atoms with E-state index in [1.165, 1.54) is 0 Å². The molecule has 1 aromatic carbocycles. The highest BCUT2D eigenvalue weighted by Gasteiger charge is 2.09. The number of nitrogens with two attached hydrogens (primary N) is 1. The van der Waals surface area contributed by atoms with Gasteiger partial charge in [0.25, 0.3) is 0 Å². The minimum atomic E-state index is 0.214. The summed E-state index contributed by atoms with van der Waals surface area (Å²) in [5.74, 6) is 1.11. The Morgan fingerprint density at radius 3 is 3.05 bits per heavy atom. The van der Waals surface area contributed by atoms with Crippen molar-refractivity contribution in [1.82, 2.24) is 30.2 Å². The monoisotopic (exact) mass is 269 g/mol. The van der Waals surface area contributed by atoms with E-state index in [4.69, 9.17) is 5.73 Å². The van der Waals surface area contributed by atoms with Gasteiger partial charge in [-0.3, -0.25) is 0 Å². The van der Waals surface area contributed by atoms with E-state index in [-0.39, 0.29) is 5.92 Å². The fourth-order valence-electron chi connectivity index (χ4n) is 1.94. The molecule has 0 fully saturated rings. The summed E-state index contributed by atoms with van der Waals surface area (Å²) in [5, 5.41) is 11.2. The molecule has 1 unspecified atom stereocenters. The molecule has 0 saturated carbocycles. The van der Waals surface area contributed by atoms with Crippen LogP contribution in [0.4, 0.5) is 0 Å². The molecule has 0 saturated heterocycles. The summed E-state index contributed by atoms with van der Waals surface area (Å²) in [4.78, 5) is 7.67. The lowest BCUT2D eigenvalue weighted by Gasteiger charge is -2.04. The van der Waals surface area contributed by atoms with Crippen molar-refractivity contribution in [2.75, 3.05) is 6.54 Å². The molecule has 0 spiro atoms. The predicted molar refractivity (Wildman–Crippen MR) is 74.2 cm³/mol. The molecule has 2 aromatic heterocycles. The quantitative estimate of drug-likeness (QED) is 0.739. The molecule has 0 aliphatic rings. The van der Waals surface area contributed by atoms with Crippen molar-refractivity contribution in [3.8, 4) is 16.9 Å². The first kappa shape index (κ1) is 12.5. The van der Waals surface area contributed by atoms with Gasteiger partial charge in [-0.15, -0.1) is 5.10 Å². The lowest BCUT2D eigenvalue weighted by Crippen LogP contribution is -2.10. The lowest BCUT2D eigenvalue weighted by atomic mass is 10.1. The highest BCUT2D eigenvalue weighted by atomic mass is 15.5. The van der Waals surface area contributed by atoms with E-state index in [2.05, 4.69) is 25.5 Å². The van der Waals surface area contributed by atoms with E-state index < -0.39 is 0 Å². The molecule has 0 radical (unpaired) electrons. The van der Waals surface area contributed by atoms with Gasteiger partial charge >= 0.3 is 0 Å². The fourth-order valence-corrected chi connectivity index (χ4v) is 1.94. The van der Waals surface area contributed by atoms with E-state index in [1.54, 1.807) is 11.0 Å². The van der Waals surface area contributed by atoms with Crippen molar-refractivity contribution < 1.29 is 0 Å². The molecule has 20 heavy (non-hydrogen) atoms. The van der Waals surface area contributed by atoms with Crippen LogP contribution >= 0.6 is 0 Å². The van der Waals surface area contributed by atoms with Crippen molar-refractivity contribution in [2.45, 2.75) is 12.8 Å². The van der Waals surface area contributed by atoms with Crippen LogP contribution in [0.1, 0.15) is 18.7 Å². The number of benzene rings is 1. The summed E-state index contributed by atoms with van der Waals surface area (Å²) < 4.78 is 1.61. The second-order valence-electron chi connectivity index (χ2n) is 4.62. The van der Waals surface area contributed by atoms with Gasteiger partial charge in [-0.1, -0.05) is 19.1 Å². The first-order valence-corrected chi connectivity index (χ1v) is 6.36. The Balaban J connectivity index is 1.94. The van der Waals surface area contributed by atoms with Gasteiger partial charge in [-0.25, -0.2) is 9.67 Å². The third-order valence-corrected chi connectivity index (χ3v) is 3.19. The molecule has 102 valence electrons. The number of imidazole rings is 1. The first-order valence-electron chi connectivity index (χ1n) is 6.36. The number of hydrogen-bond acceptors (Lipinski definition) is 5. The van der Waals surface area contributed by atoms with Crippen molar-refractivity contribution in [3.05, 3.63) is 42.6 Å². The molecule has 0 bridgehead atoms. The molecule has 7 nitrogen and oxygen atoms in total. The molecular formula is C13H15N7. The minimum absolute atomic E-state index is 0.214. The van der Waals surface area contributed by atoms with Gasteiger partial charge in [0.15, 0.2) is 0 Å². The Hall–Kier alpha value is -2.54. The maximum atomic E-state index is 5.65. The third kappa shape index (κ3) is 2.30. The molecule has 2 heterocycles. The number of aromatic amines is 1.